The molecular weight excluding hydrogens is 506 g/mol. The molecule has 0 radical (unpaired) electrons. The monoisotopic (exact) mass is 533 g/mol. The van der Waals surface area contributed by atoms with Crippen LogP contribution in [0.2, 0.25) is 5.02 Å². The van der Waals surface area contributed by atoms with Crippen molar-refractivity contribution in [2.75, 3.05) is 6.61 Å². The lowest BCUT2D eigenvalue weighted by molar-refractivity contribution is -0.197. The van der Waals surface area contributed by atoms with Gasteiger partial charge in [-0.25, -0.2) is 0 Å². The van der Waals surface area contributed by atoms with Gasteiger partial charge in [0.25, 0.3) is 5.90 Å². The summed E-state index contributed by atoms with van der Waals surface area (Å²) in [4.78, 5) is 35.6. The zero-order chi connectivity index (χ0) is 27.1. The maximum absolute atomic E-state index is 12.0. The number of carbonyl (C=O) groups excluding carboxylic acids is 3. The number of hydrogen-bond donors (Lipinski definition) is 1. The molecule has 0 bridgehead atoms. The van der Waals surface area contributed by atoms with Crippen molar-refractivity contribution >= 4 is 35.4 Å². The molecule has 3 rings (SSSR count). The van der Waals surface area contributed by atoms with Gasteiger partial charge in [0.1, 0.15) is 5.75 Å². The number of esters is 3. The van der Waals surface area contributed by atoms with Crippen molar-refractivity contribution in [1.29, 1.82) is 0 Å². The molecule has 1 heterocycles. The third kappa shape index (κ3) is 7.13. The minimum atomic E-state index is -1.44. The van der Waals surface area contributed by atoms with E-state index < -0.39 is 48.2 Å². The molecule has 4 atom stereocenters. The van der Waals surface area contributed by atoms with E-state index in [0.717, 1.165) is 30.7 Å². The van der Waals surface area contributed by atoms with E-state index in [4.69, 9.17) is 35.3 Å². The molecule has 0 saturated carbocycles. The topological polar surface area (TPSA) is 130 Å². The first-order chi connectivity index (χ1) is 17.6. The van der Waals surface area contributed by atoms with Gasteiger partial charge in [-0.1, -0.05) is 41.0 Å². The summed E-state index contributed by atoms with van der Waals surface area (Å²) in [6, 6.07) is 12.6. The Kier molecular flexibility index (Phi) is 9.35. The molecule has 1 N–H and O–H groups in total. The highest BCUT2D eigenvalue weighted by atomic mass is 35.5. The van der Waals surface area contributed by atoms with Gasteiger partial charge >= 0.3 is 17.9 Å². The summed E-state index contributed by atoms with van der Waals surface area (Å²) in [6.45, 7) is 5.91. The Bertz CT molecular complexity index is 1170. The summed E-state index contributed by atoms with van der Waals surface area (Å²) in [7, 11) is 0. The van der Waals surface area contributed by atoms with Crippen LogP contribution < -0.4 is 4.74 Å². The third-order valence-electron chi connectivity index (χ3n) is 5.43. The van der Waals surface area contributed by atoms with Crippen LogP contribution in [-0.2, 0) is 39.8 Å². The van der Waals surface area contributed by atoms with Crippen molar-refractivity contribution in [3.05, 3.63) is 64.2 Å². The second-order valence-electron chi connectivity index (χ2n) is 8.26. The fraction of sp³-hybridized carbons (Fsp3) is 0.385. The molecule has 0 unspecified atom stereocenters. The second kappa shape index (κ2) is 12.4. The van der Waals surface area contributed by atoms with Gasteiger partial charge in [-0.15, -0.1) is 0 Å². The van der Waals surface area contributed by atoms with Gasteiger partial charge in [0.15, 0.2) is 18.3 Å². The highest BCUT2D eigenvalue weighted by molar-refractivity contribution is 6.31. The number of rotatable bonds is 8. The lowest BCUT2D eigenvalue weighted by atomic mass is 9.91. The lowest BCUT2D eigenvalue weighted by Gasteiger charge is -2.40. The summed E-state index contributed by atoms with van der Waals surface area (Å²) in [5, 5.41) is 13.2. The Balaban J connectivity index is 2.01. The van der Waals surface area contributed by atoms with Crippen LogP contribution in [0.25, 0.3) is 0 Å². The summed E-state index contributed by atoms with van der Waals surface area (Å²) in [6.07, 6.45) is -4.64. The molecule has 1 aliphatic heterocycles. The summed E-state index contributed by atoms with van der Waals surface area (Å²) in [5.41, 5.74) is 2.20. The fourth-order valence-corrected chi connectivity index (χ4v) is 4.21. The SMILES string of the molecule is CCOc1ccc(Cc2cc([C@@H]3O/C(=N/O)[C@@H](OC(C)=O)[C@H](OC(C)=O)[C@H]3OC(C)=O)ccc2Cl)cc1. The minimum Gasteiger partial charge on any atom is -0.494 e. The first kappa shape index (κ1) is 27.8. The molecule has 10 nitrogen and oxygen atoms in total. The van der Waals surface area contributed by atoms with Crippen molar-refractivity contribution in [3.63, 3.8) is 0 Å². The van der Waals surface area contributed by atoms with Gasteiger partial charge in [0.2, 0.25) is 6.10 Å². The summed E-state index contributed by atoms with van der Waals surface area (Å²) in [5.74, 6) is -1.84. The van der Waals surface area contributed by atoms with Crippen LogP contribution in [0.15, 0.2) is 47.6 Å². The van der Waals surface area contributed by atoms with Crippen LogP contribution in [0, 0.1) is 0 Å². The first-order valence-electron chi connectivity index (χ1n) is 11.5. The average Bonchev–Trinajstić information content (AvgIpc) is 2.83. The number of benzene rings is 2. The fourth-order valence-electron chi connectivity index (χ4n) is 4.02. The second-order valence-corrected chi connectivity index (χ2v) is 8.67. The van der Waals surface area contributed by atoms with Crippen molar-refractivity contribution in [2.45, 2.75) is 58.5 Å². The predicted molar refractivity (Wildman–Crippen MR) is 132 cm³/mol. The Morgan fingerprint density at radius 2 is 1.57 bits per heavy atom. The maximum Gasteiger partial charge on any atom is 0.303 e. The molecule has 0 spiro atoms. The van der Waals surface area contributed by atoms with Crippen molar-refractivity contribution in [1.82, 2.24) is 0 Å². The van der Waals surface area contributed by atoms with Crippen LogP contribution >= 0.6 is 11.6 Å². The zero-order valence-corrected chi connectivity index (χ0v) is 21.6. The quantitative estimate of drug-likeness (QED) is 0.232. The van der Waals surface area contributed by atoms with Gasteiger partial charge in [-0.05, 0) is 48.2 Å². The first-order valence-corrected chi connectivity index (χ1v) is 11.9. The Labute approximate surface area is 219 Å². The number of carbonyl (C=O) groups is 3. The number of halogens is 1. The lowest BCUT2D eigenvalue weighted by Crippen LogP contribution is -2.56. The average molecular weight is 534 g/mol. The Morgan fingerprint density at radius 1 is 0.946 bits per heavy atom. The van der Waals surface area contributed by atoms with Gasteiger partial charge in [0.05, 0.1) is 6.61 Å². The molecule has 2 aromatic rings. The van der Waals surface area contributed by atoms with Gasteiger partial charge in [-0.3, -0.25) is 14.4 Å². The number of ether oxygens (including phenoxy) is 5. The smallest absolute Gasteiger partial charge is 0.303 e. The molecule has 1 saturated heterocycles. The van der Waals surface area contributed by atoms with Crippen LogP contribution in [0.4, 0.5) is 0 Å². The molecule has 0 aromatic heterocycles. The van der Waals surface area contributed by atoms with Crippen molar-refractivity contribution in [2.24, 2.45) is 5.16 Å². The Hall–Kier alpha value is -3.79. The van der Waals surface area contributed by atoms with Gasteiger partial charge in [-0.2, -0.15) is 0 Å². The van der Waals surface area contributed by atoms with Gasteiger partial charge in [0, 0.05) is 25.8 Å². The van der Waals surface area contributed by atoms with Crippen LogP contribution in [0.1, 0.15) is 50.5 Å². The Morgan fingerprint density at radius 3 is 2.14 bits per heavy atom. The van der Waals surface area contributed by atoms with E-state index in [1.54, 1.807) is 18.2 Å². The van der Waals surface area contributed by atoms with E-state index in [1.807, 2.05) is 31.2 Å². The number of nitrogens with zero attached hydrogens (tertiary/aromatic N) is 1. The van der Waals surface area contributed by atoms with Crippen molar-refractivity contribution < 1.29 is 43.3 Å². The molecule has 1 fully saturated rings. The van der Waals surface area contributed by atoms with Crippen LogP contribution in [0.3, 0.4) is 0 Å². The highest BCUT2D eigenvalue weighted by Gasteiger charge is 2.52. The molecule has 11 heteroatoms. The molecular formula is C26H28ClNO9. The molecule has 0 aliphatic carbocycles. The zero-order valence-electron chi connectivity index (χ0n) is 20.8. The van der Waals surface area contributed by atoms with Crippen LogP contribution in [0.5, 0.6) is 5.75 Å². The molecule has 1 aliphatic rings. The largest absolute Gasteiger partial charge is 0.494 e. The van der Waals surface area contributed by atoms with E-state index in [0.29, 0.717) is 23.6 Å². The molecule has 198 valence electrons. The van der Waals surface area contributed by atoms with E-state index >= 15 is 0 Å². The van der Waals surface area contributed by atoms with Crippen molar-refractivity contribution in [3.8, 4) is 5.75 Å². The van der Waals surface area contributed by atoms with E-state index in [9.17, 15) is 19.6 Å². The standard InChI is InChI=1S/C26H28ClNO9/c1-5-33-20-9-6-17(7-10-20)12-19-13-18(8-11-21(19)27)22-23(34-14(2)29)24(35-15(3)30)25(36-16(4)31)26(28-32)37-22/h6-11,13,22-25,32H,5,12H2,1-4H3/b28-26+/t22-,23-,24+,25-/m0/s1. The van der Waals surface area contributed by atoms with E-state index in [2.05, 4.69) is 5.16 Å². The van der Waals surface area contributed by atoms with Gasteiger partial charge < -0.3 is 28.9 Å². The molecule has 2 aromatic carbocycles. The molecule has 0 amide bonds. The third-order valence-corrected chi connectivity index (χ3v) is 5.80. The summed E-state index contributed by atoms with van der Waals surface area (Å²) >= 11 is 6.48. The maximum atomic E-state index is 12.0. The number of hydrogen-bond acceptors (Lipinski definition) is 10. The highest BCUT2D eigenvalue weighted by Crippen LogP contribution is 2.37. The molecule has 37 heavy (non-hydrogen) atoms. The summed E-state index contributed by atoms with van der Waals surface area (Å²) < 4.78 is 27.4. The van der Waals surface area contributed by atoms with Crippen LogP contribution in [-0.4, -0.2) is 53.9 Å². The minimum absolute atomic E-state index is 0.419. The number of oxime groups is 1. The predicted octanol–water partition coefficient (Wildman–Crippen LogP) is 3.98. The van der Waals surface area contributed by atoms with E-state index in [-0.39, 0.29) is 0 Å². The normalized spacial score (nSPS) is 22.0. The van der Waals surface area contributed by atoms with E-state index in [1.165, 1.54) is 6.92 Å².